The third kappa shape index (κ3) is 1.62. The van der Waals surface area contributed by atoms with E-state index < -0.39 is 0 Å². The number of halogens is 1. The Bertz CT molecular complexity index is 938. The standard InChI is InChI=1S/C20H14BrN/c21-14-8-6-12(7-9-14)18-19-16-5-1-4-15(16)17(19)11-13-3-2-10-22-20(13)18/h2-4,6-11,16H,1,5H2. The molecule has 0 bridgehead atoms. The molecule has 22 heavy (non-hydrogen) atoms. The second-order valence-electron chi connectivity index (χ2n) is 6.08. The minimum atomic E-state index is 0.625. The summed E-state index contributed by atoms with van der Waals surface area (Å²) in [5.41, 5.74) is 8.26. The summed E-state index contributed by atoms with van der Waals surface area (Å²) < 4.78 is 1.12. The first-order valence-corrected chi connectivity index (χ1v) is 8.50. The van der Waals surface area contributed by atoms with E-state index in [4.69, 9.17) is 4.98 Å². The van der Waals surface area contributed by atoms with Gasteiger partial charge in [0.2, 0.25) is 0 Å². The van der Waals surface area contributed by atoms with Crippen molar-refractivity contribution in [3.05, 3.63) is 70.3 Å². The third-order valence-electron chi connectivity index (χ3n) is 4.92. The lowest BCUT2D eigenvalue weighted by molar-refractivity contribution is 0.781. The minimum absolute atomic E-state index is 0.625. The van der Waals surface area contributed by atoms with Gasteiger partial charge in [0, 0.05) is 27.5 Å². The molecule has 2 aliphatic carbocycles. The van der Waals surface area contributed by atoms with Gasteiger partial charge in [-0.25, -0.2) is 0 Å². The van der Waals surface area contributed by atoms with Crippen LogP contribution in [-0.2, 0) is 0 Å². The van der Waals surface area contributed by atoms with Crippen LogP contribution in [0.15, 0.2) is 59.2 Å². The molecule has 1 unspecified atom stereocenters. The normalized spacial score (nSPS) is 18.6. The lowest BCUT2D eigenvalue weighted by atomic mass is 9.70. The minimum Gasteiger partial charge on any atom is -0.256 e. The van der Waals surface area contributed by atoms with Crippen molar-refractivity contribution < 1.29 is 0 Å². The van der Waals surface area contributed by atoms with E-state index in [-0.39, 0.29) is 0 Å². The first-order valence-electron chi connectivity index (χ1n) is 7.71. The molecule has 0 spiro atoms. The van der Waals surface area contributed by atoms with Crippen molar-refractivity contribution in [3.63, 3.8) is 0 Å². The zero-order chi connectivity index (χ0) is 14.7. The van der Waals surface area contributed by atoms with Gasteiger partial charge in [0.05, 0.1) is 5.52 Å². The van der Waals surface area contributed by atoms with E-state index in [1.165, 1.54) is 40.5 Å². The smallest absolute Gasteiger partial charge is 0.0783 e. The molecule has 5 rings (SSSR count). The van der Waals surface area contributed by atoms with Crippen LogP contribution in [0.4, 0.5) is 0 Å². The second-order valence-corrected chi connectivity index (χ2v) is 7.00. The van der Waals surface area contributed by atoms with Crippen molar-refractivity contribution in [2.24, 2.45) is 0 Å². The number of fused-ring (bicyclic) bond motifs is 5. The fraction of sp³-hybridized carbons (Fsp3) is 0.150. The van der Waals surface area contributed by atoms with Crippen LogP contribution in [0, 0.1) is 0 Å². The molecular formula is C20H14BrN. The summed E-state index contributed by atoms with van der Waals surface area (Å²) >= 11 is 3.54. The molecule has 106 valence electrons. The zero-order valence-electron chi connectivity index (χ0n) is 12.0. The molecule has 0 fully saturated rings. The van der Waals surface area contributed by atoms with Gasteiger partial charge in [-0.1, -0.05) is 40.2 Å². The van der Waals surface area contributed by atoms with Gasteiger partial charge in [-0.3, -0.25) is 4.98 Å². The number of hydrogen-bond donors (Lipinski definition) is 0. The van der Waals surface area contributed by atoms with Gasteiger partial charge in [-0.05, 0) is 59.4 Å². The topological polar surface area (TPSA) is 12.9 Å². The van der Waals surface area contributed by atoms with Crippen molar-refractivity contribution in [2.45, 2.75) is 18.8 Å². The first kappa shape index (κ1) is 12.6. The largest absolute Gasteiger partial charge is 0.256 e. The molecule has 2 aliphatic rings. The highest BCUT2D eigenvalue weighted by Crippen LogP contribution is 2.57. The Morgan fingerprint density at radius 3 is 2.82 bits per heavy atom. The molecule has 1 atom stereocenters. The van der Waals surface area contributed by atoms with E-state index >= 15 is 0 Å². The summed E-state index contributed by atoms with van der Waals surface area (Å²) in [4.78, 5) is 4.70. The maximum atomic E-state index is 4.70. The molecule has 0 saturated heterocycles. The Morgan fingerprint density at radius 2 is 1.95 bits per heavy atom. The van der Waals surface area contributed by atoms with Crippen LogP contribution in [-0.4, -0.2) is 4.98 Å². The molecule has 2 heteroatoms. The number of nitrogens with zero attached hydrogens (tertiary/aromatic N) is 1. The van der Waals surface area contributed by atoms with E-state index in [2.05, 4.69) is 58.4 Å². The van der Waals surface area contributed by atoms with Gasteiger partial charge in [-0.2, -0.15) is 0 Å². The molecule has 1 nitrogen and oxygen atoms in total. The van der Waals surface area contributed by atoms with Gasteiger partial charge in [0.1, 0.15) is 0 Å². The second kappa shape index (κ2) is 4.53. The molecule has 3 aromatic rings. The average molecular weight is 348 g/mol. The summed E-state index contributed by atoms with van der Waals surface area (Å²) in [6.45, 7) is 0. The molecule has 2 aromatic carbocycles. The van der Waals surface area contributed by atoms with Crippen LogP contribution in [0.5, 0.6) is 0 Å². The highest BCUT2D eigenvalue weighted by Gasteiger charge is 2.37. The van der Waals surface area contributed by atoms with Crippen molar-refractivity contribution in [1.82, 2.24) is 4.98 Å². The summed E-state index contributed by atoms with van der Waals surface area (Å²) in [6.07, 6.45) is 6.78. The Labute approximate surface area is 137 Å². The van der Waals surface area contributed by atoms with Crippen molar-refractivity contribution in [3.8, 4) is 11.1 Å². The maximum Gasteiger partial charge on any atom is 0.0783 e. The molecule has 0 aliphatic heterocycles. The molecule has 0 amide bonds. The number of hydrogen-bond acceptors (Lipinski definition) is 1. The molecule has 0 saturated carbocycles. The lowest BCUT2D eigenvalue weighted by Gasteiger charge is -2.33. The monoisotopic (exact) mass is 347 g/mol. The fourth-order valence-electron chi connectivity index (χ4n) is 3.97. The molecule has 1 heterocycles. The van der Waals surface area contributed by atoms with Gasteiger partial charge >= 0.3 is 0 Å². The van der Waals surface area contributed by atoms with E-state index in [9.17, 15) is 0 Å². The number of benzene rings is 2. The lowest BCUT2D eigenvalue weighted by Crippen LogP contribution is -2.15. The Hall–Kier alpha value is -1.93. The molecule has 0 N–H and O–H groups in total. The fourth-order valence-corrected chi connectivity index (χ4v) is 4.24. The van der Waals surface area contributed by atoms with E-state index in [0.29, 0.717) is 5.92 Å². The van der Waals surface area contributed by atoms with Crippen molar-refractivity contribution in [2.75, 3.05) is 0 Å². The van der Waals surface area contributed by atoms with Crippen LogP contribution in [0.25, 0.3) is 27.6 Å². The number of allylic oxidation sites excluding steroid dienone is 2. The van der Waals surface area contributed by atoms with Crippen LogP contribution in [0.2, 0.25) is 0 Å². The highest BCUT2D eigenvalue weighted by atomic mass is 79.9. The Balaban J connectivity index is 1.88. The van der Waals surface area contributed by atoms with Crippen LogP contribution in [0.3, 0.4) is 0 Å². The number of rotatable bonds is 1. The summed E-state index contributed by atoms with van der Waals surface area (Å²) in [6, 6.07) is 15.2. The van der Waals surface area contributed by atoms with E-state index in [1.54, 1.807) is 5.57 Å². The number of pyridine rings is 1. The van der Waals surface area contributed by atoms with Gasteiger partial charge < -0.3 is 0 Å². The SMILES string of the molecule is Brc1ccc(-c2c3c(cc4cccnc24)C2=CCCC23)cc1. The molecule has 1 aromatic heterocycles. The molecular weight excluding hydrogens is 334 g/mol. The van der Waals surface area contributed by atoms with Crippen LogP contribution in [0.1, 0.15) is 29.9 Å². The van der Waals surface area contributed by atoms with Crippen molar-refractivity contribution in [1.29, 1.82) is 0 Å². The van der Waals surface area contributed by atoms with Gasteiger partial charge in [0.25, 0.3) is 0 Å². The van der Waals surface area contributed by atoms with E-state index in [1.807, 2.05) is 12.3 Å². The third-order valence-corrected chi connectivity index (χ3v) is 5.45. The first-order chi connectivity index (χ1) is 10.8. The predicted octanol–water partition coefficient (Wildman–Crippen LogP) is 5.94. The van der Waals surface area contributed by atoms with Crippen LogP contribution < -0.4 is 0 Å². The maximum absolute atomic E-state index is 4.70. The Kier molecular flexibility index (Phi) is 2.59. The average Bonchev–Trinajstić information content (AvgIpc) is 2.96. The van der Waals surface area contributed by atoms with Gasteiger partial charge in [0.15, 0.2) is 0 Å². The molecule has 0 radical (unpaired) electrons. The summed E-state index contributed by atoms with van der Waals surface area (Å²) in [5, 5.41) is 1.24. The predicted molar refractivity (Wildman–Crippen MR) is 94.8 cm³/mol. The van der Waals surface area contributed by atoms with Crippen LogP contribution >= 0.6 is 15.9 Å². The highest BCUT2D eigenvalue weighted by molar-refractivity contribution is 9.10. The summed E-state index contributed by atoms with van der Waals surface area (Å²) in [5.74, 6) is 0.625. The zero-order valence-corrected chi connectivity index (χ0v) is 13.6. The van der Waals surface area contributed by atoms with Crippen molar-refractivity contribution >= 4 is 32.4 Å². The summed E-state index contributed by atoms with van der Waals surface area (Å²) in [7, 11) is 0. The Morgan fingerprint density at radius 1 is 1.09 bits per heavy atom. The van der Waals surface area contributed by atoms with E-state index in [0.717, 1.165) is 9.99 Å². The van der Waals surface area contributed by atoms with Gasteiger partial charge in [-0.15, -0.1) is 0 Å². The number of aromatic nitrogens is 1. The quantitative estimate of drug-likeness (QED) is 0.530.